The maximum atomic E-state index is 13.2. The minimum Gasteiger partial charge on any atom is -0.368 e. The Morgan fingerprint density at radius 1 is 1.20 bits per heavy atom. The summed E-state index contributed by atoms with van der Waals surface area (Å²) in [4.78, 5) is 42.2. The van der Waals surface area contributed by atoms with Crippen molar-refractivity contribution in [1.82, 2.24) is 26.1 Å². The zero-order valence-corrected chi connectivity index (χ0v) is 25.0. The Kier molecular flexibility index (Phi) is 10.8. The number of hydrazine groups is 1. The molecule has 0 bridgehead atoms. The smallest absolute Gasteiger partial charge is 0.258 e. The number of hydrogen-bond donors (Lipinski definition) is 5. The summed E-state index contributed by atoms with van der Waals surface area (Å²) < 4.78 is 0. The van der Waals surface area contributed by atoms with Crippen LogP contribution in [0.15, 0.2) is 36.5 Å². The van der Waals surface area contributed by atoms with Gasteiger partial charge in [0.05, 0.1) is 11.7 Å². The number of nitrogens with two attached hydrogens (primary N) is 1. The van der Waals surface area contributed by atoms with Gasteiger partial charge >= 0.3 is 0 Å². The fraction of sp³-hybridized carbons (Fsp3) is 0.516. The number of pyridine rings is 1. The fourth-order valence-corrected chi connectivity index (χ4v) is 4.77. The number of carbonyl (C=O) groups is 3. The third-order valence-corrected chi connectivity index (χ3v) is 7.50. The number of amides is 3. The second-order valence-electron chi connectivity index (χ2n) is 12.0. The maximum absolute atomic E-state index is 13.2. The molecule has 0 radical (unpaired) electrons. The molecular formula is C31H45N7O3. The first-order valence-corrected chi connectivity index (χ1v) is 14.3. The van der Waals surface area contributed by atoms with Crippen LogP contribution in [0.2, 0.25) is 0 Å². The van der Waals surface area contributed by atoms with Crippen molar-refractivity contribution in [3.8, 4) is 0 Å². The molecule has 0 aliphatic carbocycles. The molecule has 1 aliphatic heterocycles. The van der Waals surface area contributed by atoms with Crippen molar-refractivity contribution in [3.05, 3.63) is 47.8 Å². The normalized spacial score (nSPS) is 18.3. The van der Waals surface area contributed by atoms with Gasteiger partial charge in [-0.05, 0) is 54.2 Å². The van der Waals surface area contributed by atoms with Gasteiger partial charge in [-0.25, -0.2) is 5.43 Å². The molecule has 3 rings (SSSR count). The van der Waals surface area contributed by atoms with Gasteiger partial charge in [-0.2, -0.15) is 0 Å². The third kappa shape index (κ3) is 8.68. The van der Waals surface area contributed by atoms with E-state index in [2.05, 4.69) is 47.0 Å². The summed E-state index contributed by atoms with van der Waals surface area (Å²) in [6, 6.07) is 6.36. The molecule has 0 spiro atoms. The number of nitrogens with zero attached hydrogens (tertiary/aromatic N) is 2. The van der Waals surface area contributed by atoms with Crippen LogP contribution in [0.1, 0.15) is 71.6 Å². The van der Waals surface area contributed by atoms with Crippen LogP contribution in [0.5, 0.6) is 0 Å². The van der Waals surface area contributed by atoms with Crippen molar-refractivity contribution in [2.75, 3.05) is 13.1 Å². The van der Waals surface area contributed by atoms with Crippen molar-refractivity contribution >= 4 is 40.8 Å². The van der Waals surface area contributed by atoms with Crippen molar-refractivity contribution in [3.63, 3.8) is 0 Å². The molecule has 2 heterocycles. The third-order valence-electron chi connectivity index (χ3n) is 7.50. The average molecular weight is 564 g/mol. The number of aromatic nitrogens is 1. The number of nitrogens with one attached hydrogen (secondary N) is 4. The SMILES string of the molecule is CC(C)[C@H](NCC(C)(C)/C=C/c1cc2cc([C@@H](C)C=N)ccc2cn1)C(=O)N[C@@H](C)C(=O)N1CCC[C@@H](C(N)=O)N1. The number of hydrogen-bond acceptors (Lipinski definition) is 7. The van der Waals surface area contributed by atoms with Gasteiger partial charge in [0.1, 0.15) is 12.1 Å². The standard InChI is InChI=1S/C31H45N7O3/c1-19(2)27(29(40)36-21(4)30(41)38-13-7-8-26(37-38)28(33)39)35-18-31(5,6)12-11-25-15-24-14-22(20(3)16-32)9-10-23(24)17-34-25/h9-12,14-17,19-21,26-27,32,35,37H,7-8,13,18H2,1-6H3,(H2,33,39)(H,36,40)/b12-11+,32-16?/t20-,21-,26-,27-/m0/s1. The molecule has 2 aromatic rings. The molecule has 1 aliphatic rings. The van der Waals surface area contributed by atoms with E-state index in [1.165, 1.54) is 11.2 Å². The van der Waals surface area contributed by atoms with E-state index < -0.39 is 24.0 Å². The van der Waals surface area contributed by atoms with E-state index in [4.69, 9.17) is 11.1 Å². The van der Waals surface area contributed by atoms with Crippen LogP contribution in [-0.4, -0.2) is 65.1 Å². The van der Waals surface area contributed by atoms with Crippen LogP contribution in [0.4, 0.5) is 0 Å². The van der Waals surface area contributed by atoms with Crippen LogP contribution in [0, 0.1) is 16.7 Å². The van der Waals surface area contributed by atoms with Crippen LogP contribution in [0.25, 0.3) is 16.8 Å². The average Bonchev–Trinajstić information content (AvgIpc) is 2.94. The monoisotopic (exact) mass is 563 g/mol. The molecule has 6 N–H and O–H groups in total. The minimum atomic E-state index is -0.765. The Morgan fingerprint density at radius 3 is 2.59 bits per heavy atom. The van der Waals surface area contributed by atoms with E-state index in [1.54, 1.807) is 6.92 Å². The van der Waals surface area contributed by atoms with Crippen molar-refractivity contribution < 1.29 is 14.4 Å². The molecule has 1 aromatic carbocycles. The number of carbonyl (C=O) groups excluding carboxylic acids is 3. The topological polar surface area (TPSA) is 153 Å². The molecule has 4 atom stereocenters. The predicted octanol–water partition coefficient (Wildman–Crippen LogP) is 3.13. The lowest BCUT2D eigenvalue weighted by molar-refractivity contribution is -0.142. The maximum Gasteiger partial charge on any atom is 0.258 e. The van der Waals surface area contributed by atoms with Crippen LogP contribution >= 0.6 is 0 Å². The number of fused-ring (bicyclic) bond motifs is 1. The van der Waals surface area contributed by atoms with E-state index in [0.717, 1.165) is 22.0 Å². The van der Waals surface area contributed by atoms with Crippen molar-refractivity contribution in [1.29, 1.82) is 5.41 Å². The van der Waals surface area contributed by atoms with Gasteiger partial charge in [0.15, 0.2) is 0 Å². The van der Waals surface area contributed by atoms with Gasteiger partial charge in [-0.3, -0.25) is 24.4 Å². The van der Waals surface area contributed by atoms with E-state index in [0.29, 0.717) is 25.9 Å². The summed E-state index contributed by atoms with van der Waals surface area (Å²) in [6.07, 6.45) is 8.60. The van der Waals surface area contributed by atoms with Crippen LogP contribution in [0.3, 0.4) is 0 Å². The van der Waals surface area contributed by atoms with Gasteiger partial charge in [0, 0.05) is 36.8 Å². The van der Waals surface area contributed by atoms with Gasteiger partial charge < -0.3 is 21.8 Å². The second kappa shape index (κ2) is 13.8. The largest absolute Gasteiger partial charge is 0.368 e. The highest BCUT2D eigenvalue weighted by Gasteiger charge is 2.32. The summed E-state index contributed by atoms with van der Waals surface area (Å²) >= 11 is 0. The summed E-state index contributed by atoms with van der Waals surface area (Å²) in [5, 5.41) is 17.3. The highest BCUT2D eigenvalue weighted by atomic mass is 16.2. The molecule has 1 fully saturated rings. The Hall–Kier alpha value is -3.63. The van der Waals surface area contributed by atoms with Gasteiger partial charge in [-0.15, -0.1) is 0 Å². The Bertz CT molecular complexity index is 1290. The summed E-state index contributed by atoms with van der Waals surface area (Å²) in [5.41, 5.74) is 9.90. The lowest BCUT2D eigenvalue weighted by Crippen LogP contribution is -2.61. The zero-order chi connectivity index (χ0) is 30.3. The van der Waals surface area contributed by atoms with E-state index in [9.17, 15) is 14.4 Å². The highest BCUT2D eigenvalue weighted by Crippen LogP contribution is 2.23. The Morgan fingerprint density at radius 2 is 1.93 bits per heavy atom. The molecule has 1 saturated heterocycles. The van der Waals surface area contributed by atoms with Gasteiger partial charge in [-0.1, -0.05) is 58.9 Å². The molecule has 3 amide bonds. The molecule has 0 saturated carbocycles. The molecular weight excluding hydrogens is 518 g/mol. The fourth-order valence-electron chi connectivity index (χ4n) is 4.77. The number of primary amides is 1. The first-order valence-electron chi connectivity index (χ1n) is 14.3. The number of benzene rings is 1. The second-order valence-corrected chi connectivity index (χ2v) is 12.0. The predicted molar refractivity (Wildman–Crippen MR) is 163 cm³/mol. The quantitative estimate of drug-likeness (QED) is 0.250. The van der Waals surface area contributed by atoms with Crippen molar-refractivity contribution in [2.45, 2.75) is 78.4 Å². The summed E-state index contributed by atoms with van der Waals surface area (Å²) in [6.45, 7) is 12.7. The first-order chi connectivity index (χ1) is 19.3. The zero-order valence-electron chi connectivity index (χ0n) is 25.0. The van der Waals surface area contributed by atoms with Gasteiger partial charge in [0.2, 0.25) is 11.8 Å². The molecule has 0 unspecified atom stereocenters. The molecule has 41 heavy (non-hydrogen) atoms. The molecule has 10 heteroatoms. The van der Waals surface area contributed by atoms with E-state index in [1.807, 2.05) is 51.2 Å². The molecule has 222 valence electrons. The minimum absolute atomic E-state index is 0.0101. The van der Waals surface area contributed by atoms with Crippen LogP contribution < -0.4 is 21.8 Å². The first kappa shape index (κ1) is 31.9. The lowest BCUT2D eigenvalue weighted by Gasteiger charge is -2.34. The Labute approximate surface area is 243 Å². The highest BCUT2D eigenvalue weighted by molar-refractivity contribution is 5.90. The lowest BCUT2D eigenvalue weighted by atomic mass is 9.91. The van der Waals surface area contributed by atoms with E-state index in [-0.39, 0.29) is 29.1 Å². The summed E-state index contributed by atoms with van der Waals surface area (Å²) in [5.74, 6) is -1.02. The Balaban J connectivity index is 1.61. The molecule has 1 aromatic heterocycles. The van der Waals surface area contributed by atoms with Crippen LogP contribution in [-0.2, 0) is 14.4 Å². The molecule has 10 nitrogen and oxygen atoms in total. The summed E-state index contributed by atoms with van der Waals surface area (Å²) in [7, 11) is 0. The van der Waals surface area contributed by atoms with Gasteiger partial charge in [0.25, 0.3) is 5.91 Å². The van der Waals surface area contributed by atoms with Crippen molar-refractivity contribution in [2.24, 2.45) is 17.1 Å². The number of rotatable bonds is 12. The van der Waals surface area contributed by atoms with E-state index >= 15 is 0 Å².